The lowest BCUT2D eigenvalue weighted by Gasteiger charge is -2.19. The van der Waals surface area contributed by atoms with Crippen molar-refractivity contribution in [2.75, 3.05) is 6.61 Å². The maximum Gasteiger partial charge on any atom is 0.419 e. The lowest BCUT2D eigenvalue weighted by molar-refractivity contribution is -0.147. The van der Waals surface area contributed by atoms with Crippen LogP contribution in [0.4, 0.5) is 13.2 Å². The molecule has 1 rings (SSSR count). The molecule has 0 aliphatic heterocycles. The molecule has 0 fully saturated rings. The van der Waals surface area contributed by atoms with Gasteiger partial charge in [0.05, 0.1) is 17.6 Å². The van der Waals surface area contributed by atoms with Gasteiger partial charge in [-0.2, -0.15) is 13.2 Å². The van der Waals surface area contributed by atoms with E-state index in [1.807, 2.05) is 0 Å². The highest BCUT2D eigenvalue weighted by Gasteiger charge is 2.34. The first-order valence-electron chi connectivity index (χ1n) is 6.17. The Hall–Kier alpha value is -1.72. The van der Waals surface area contributed by atoms with Gasteiger partial charge in [0.25, 0.3) is 0 Å². The number of aliphatic carboxylic acids is 1. The summed E-state index contributed by atoms with van der Waals surface area (Å²) in [6.07, 6.45) is -3.76. The summed E-state index contributed by atoms with van der Waals surface area (Å²) in [5.41, 5.74) is -1.73. The van der Waals surface area contributed by atoms with Crippen molar-refractivity contribution in [2.24, 2.45) is 5.41 Å². The van der Waals surface area contributed by atoms with Crippen molar-refractivity contribution < 1.29 is 27.8 Å². The van der Waals surface area contributed by atoms with Crippen LogP contribution in [0.25, 0.3) is 0 Å². The largest absolute Gasteiger partial charge is 0.493 e. The number of para-hydroxylation sites is 1. The fourth-order valence-corrected chi connectivity index (χ4v) is 1.63. The van der Waals surface area contributed by atoms with Gasteiger partial charge in [0, 0.05) is 0 Å². The Morgan fingerprint density at radius 1 is 1.25 bits per heavy atom. The van der Waals surface area contributed by atoms with Gasteiger partial charge in [0.2, 0.25) is 0 Å². The second-order valence-electron chi connectivity index (χ2n) is 5.13. The number of benzene rings is 1. The van der Waals surface area contributed by atoms with E-state index < -0.39 is 23.1 Å². The number of carboxylic acid groups (broad SMARTS) is 1. The Morgan fingerprint density at radius 3 is 2.40 bits per heavy atom. The quantitative estimate of drug-likeness (QED) is 0.806. The molecule has 0 radical (unpaired) electrons. The van der Waals surface area contributed by atoms with Crippen LogP contribution in [0.3, 0.4) is 0 Å². The third-order valence-corrected chi connectivity index (χ3v) is 2.98. The normalized spacial score (nSPS) is 12.2. The molecule has 0 atom stereocenters. The standard InChI is InChI=1S/C14H17F3O3/c1-13(2,12(18)19)8-5-9-20-11-7-4-3-6-10(11)14(15,16)17/h3-4,6-7H,5,8-9H2,1-2H3,(H,18,19). The SMILES string of the molecule is CC(C)(CCCOc1ccccc1C(F)(F)F)C(=O)O. The number of rotatable bonds is 6. The summed E-state index contributed by atoms with van der Waals surface area (Å²) in [5.74, 6) is -1.17. The molecule has 1 aromatic rings. The minimum Gasteiger partial charge on any atom is -0.493 e. The number of hydrogen-bond donors (Lipinski definition) is 1. The third kappa shape index (κ3) is 4.43. The molecule has 0 amide bonds. The molecule has 0 saturated carbocycles. The Kier molecular flexibility index (Phi) is 5.03. The van der Waals surface area contributed by atoms with Gasteiger partial charge in [-0.05, 0) is 38.8 Å². The smallest absolute Gasteiger partial charge is 0.419 e. The summed E-state index contributed by atoms with van der Waals surface area (Å²) >= 11 is 0. The van der Waals surface area contributed by atoms with E-state index in [1.165, 1.54) is 18.2 Å². The average molecular weight is 290 g/mol. The van der Waals surface area contributed by atoms with Crippen LogP contribution in [0.2, 0.25) is 0 Å². The van der Waals surface area contributed by atoms with Crippen LogP contribution >= 0.6 is 0 Å². The monoisotopic (exact) mass is 290 g/mol. The van der Waals surface area contributed by atoms with E-state index in [1.54, 1.807) is 13.8 Å². The van der Waals surface area contributed by atoms with Crippen molar-refractivity contribution in [3.05, 3.63) is 29.8 Å². The Labute approximate surface area is 115 Å². The summed E-state index contributed by atoms with van der Waals surface area (Å²) in [4.78, 5) is 10.9. The molecule has 0 unspecified atom stereocenters. The van der Waals surface area contributed by atoms with Crippen molar-refractivity contribution >= 4 is 5.97 Å². The third-order valence-electron chi connectivity index (χ3n) is 2.98. The number of halogens is 3. The number of ether oxygens (including phenoxy) is 1. The van der Waals surface area contributed by atoms with Gasteiger partial charge < -0.3 is 9.84 Å². The van der Waals surface area contributed by atoms with Gasteiger partial charge in [0.1, 0.15) is 5.75 Å². The van der Waals surface area contributed by atoms with Gasteiger partial charge in [-0.3, -0.25) is 4.79 Å². The highest BCUT2D eigenvalue weighted by atomic mass is 19.4. The van der Waals surface area contributed by atoms with Crippen molar-refractivity contribution in [2.45, 2.75) is 32.9 Å². The van der Waals surface area contributed by atoms with Gasteiger partial charge in [-0.1, -0.05) is 12.1 Å². The second kappa shape index (κ2) is 6.15. The predicted molar refractivity (Wildman–Crippen MR) is 67.6 cm³/mol. The van der Waals surface area contributed by atoms with Crippen LogP contribution in [0.5, 0.6) is 5.75 Å². The van der Waals surface area contributed by atoms with Crippen LogP contribution in [0, 0.1) is 5.41 Å². The van der Waals surface area contributed by atoms with Crippen LogP contribution in [-0.2, 0) is 11.0 Å². The molecule has 0 saturated heterocycles. The minimum absolute atomic E-state index is 0.0454. The fourth-order valence-electron chi connectivity index (χ4n) is 1.63. The summed E-state index contributed by atoms with van der Waals surface area (Å²) in [5, 5.41) is 8.92. The van der Waals surface area contributed by atoms with Crippen LogP contribution in [0.15, 0.2) is 24.3 Å². The van der Waals surface area contributed by atoms with E-state index in [0.717, 1.165) is 6.07 Å². The molecule has 0 heterocycles. The molecule has 0 aliphatic rings. The molecule has 0 bridgehead atoms. The Bertz CT molecular complexity index is 467. The molecule has 1 N–H and O–H groups in total. The van der Waals surface area contributed by atoms with E-state index in [2.05, 4.69) is 0 Å². The minimum atomic E-state index is -4.46. The van der Waals surface area contributed by atoms with Gasteiger partial charge >= 0.3 is 12.1 Å². The highest BCUT2D eigenvalue weighted by Crippen LogP contribution is 2.36. The molecule has 0 aliphatic carbocycles. The molecular formula is C14H17F3O3. The van der Waals surface area contributed by atoms with Gasteiger partial charge in [-0.25, -0.2) is 0 Å². The van der Waals surface area contributed by atoms with Crippen molar-refractivity contribution in [3.8, 4) is 5.75 Å². The summed E-state index contributed by atoms with van der Waals surface area (Å²) in [6, 6.07) is 4.97. The zero-order valence-corrected chi connectivity index (χ0v) is 11.3. The molecular weight excluding hydrogens is 273 g/mol. The molecule has 20 heavy (non-hydrogen) atoms. The maximum atomic E-state index is 12.7. The van der Waals surface area contributed by atoms with Crippen LogP contribution < -0.4 is 4.74 Å². The van der Waals surface area contributed by atoms with E-state index in [9.17, 15) is 18.0 Å². The molecule has 3 nitrogen and oxygen atoms in total. The lowest BCUT2D eigenvalue weighted by atomic mass is 9.88. The predicted octanol–water partition coefficient (Wildman–Crippen LogP) is 3.98. The van der Waals surface area contributed by atoms with E-state index in [-0.39, 0.29) is 12.4 Å². The molecule has 112 valence electrons. The van der Waals surface area contributed by atoms with Gasteiger partial charge in [0.15, 0.2) is 0 Å². The molecule has 0 aromatic heterocycles. The van der Waals surface area contributed by atoms with Crippen molar-refractivity contribution in [1.82, 2.24) is 0 Å². The number of carboxylic acids is 1. The number of alkyl halides is 3. The second-order valence-corrected chi connectivity index (χ2v) is 5.13. The van der Waals surface area contributed by atoms with Crippen LogP contribution in [-0.4, -0.2) is 17.7 Å². The average Bonchev–Trinajstić information content (AvgIpc) is 2.34. The zero-order valence-electron chi connectivity index (χ0n) is 11.3. The van der Waals surface area contributed by atoms with Crippen molar-refractivity contribution in [3.63, 3.8) is 0 Å². The van der Waals surface area contributed by atoms with E-state index in [0.29, 0.717) is 12.8 Å². The first-order chi connectivity index (χ1) is 9.14. The first kappa shape index (κ1) is 16.3. The lowest BCUT2D eigenvalue weighted by Crippen LogP contribution is -2.24. The Morgan fingerprint density at radius 2 is 1.85 bits per heavy atom. The van der Waals surface area contributed by atoms with E-state index in [4.69, 9.17) is 9.84 Å². The number of hydrogen-bond acceptors (Lipinski definition) is 2. The topological polar surface area (TPSA) is 46.5 Å². The molecule has 1 aromatic carbocycles. The highest BCUT2D eigenvalue weighted by molar-refractivity contribution is 5.73. The molecule has 6 heteroatoms. The summed E-state index contributed by atoms with van der Waals surface area (Å²) in [6.45, 7) is 3.18. The molecule has 0 spiro atoms. The van der Waals surface area contributed by atoms with Crippen molar-refractivity contribution in [1.29, 1.82) is 0 Å². The zero-order chi connectivity index (χ0) is 15.4. The van der Waals surface area contributed by atoms with E-state index >= 15 is 0 Å². The van der Waals surface area contributed by atoms with Gasteiger partial charge in [-0.15, -0.1) is 0 Å². The summed E-state index contributed by atoms with van der Waals surface area (Å²) < 4.78 is 43.2. The van der Waals surface area contributed by atoms with Crippen LogP contribution in [0.1, 0.15) is 32.3 Å². The fraction of sp³-hybridized carbons (Fsp3) is 0.500. The number of carbonyl (C=O) groups is 1. The Balaban J connectivity index is 2.58. The first-order valence-corrected chi connectivity index (χ1v) is 6.17. The maximum absolute atomic E-state index is 12.7. The summed E-state index contributed by atoms with van der Waals surface area (Å²) in [7, 11) is 0.